The number of unbranched alkanes of at least 4 members (excludes halogenated alkanes) is 1. The monoisotopic (exact) mass is 246 g/mol. The van der Waals surface area contributed by atoms with Crippen LogP contribution in [0.15, 0.2) is 30.3 Å². The second kappa shape index (κ2) is 6.55. The molecular weight excluding hydrogens is 224 g/mol. The molecule has 1 atom stereocenters. The van der Waals surface area contributed by atoms with E-state index in [4.69, 9.17) is 0 Å². The predicted molar refractivity (Wildman–Crippen MR) is 73.7 cm³/mol. The first-order valence-electron chi connectivity index (χ1n) is 6.89. The molecule has 0 spiro atoms. The van der Waals surface area contributed by atoms with E-state index in [0.29, 0.717) is 6.04 Å². The molecule has 0 saturated carbocycles. The molecule has 3 heteroatoms. The predicted octanol–water partition coefficient (Wildman–Crippen LogP) is 2.29. The van der Waals surface area contributed by atoms with E-state index < -0.39 is 0 Å². The van der Waals surface area contributed by atoms with Gasteiger partial charge in [0.1, 0.15) is 0 Å². The first kappa shape index (κ1) is 13.1. The normalized spacial score (nSPS) is 19.8. The quantitative estimate of drug-likeness (QED) is 0.884. The van der Waals surface area contributed by atoms with Crippen molar-refractivity contribution < 1.29 is 4.79 Å². The molecule has 1 unspecified atom stereocenters. The smallest absolute Gasteiger partial charge is 0.254 e. The van der Waals surface area contributed by atoms with Gasteiger partial charge in [-0.3, -0.25) is 4.79 Å². The summed E-state index contributed by atoms with van der Waals surface area (Å²) in [6.45, 7) is 4.85. The van der Waals surface area contributed by atoms with Gasteiger partial charge >= 0.3 is 0 Å². The summed E-state index contributed by atoms with van der Waals surface area (Å²) in [5.41, 5.74) is 0.806. The Kier molecular flexibility index (Phi) is 4.76. The van der Waals surface area contributed by atoms with Crippen LogP contribution in [-0.4, -0.2) is 36.5 Å². The summed E-state index contributed by atoms with van der Waals surface area (Å²) in [6, 6.07) is 9.96. The molecule has 2 rings (SSSR count). The van der Waals surface area contributed by atoms with Gasteiger partial charge in [-0.25, -0.2) is 0 Å². The van der Waals surface area contributed by atoms with Gasteiger partial charge in [-0.2, -0.15) is 0 Å². The van der Waals surface area contributed by atoms with E-state index in [-0.39, 0.29) is 5.91 Å². The largest absolute Gasteiger partial charge is 0.333 e. The second-order valence-electron chi connectivity index (χ2n) is 4.86. The number of nitrogens with one attached hydrogen (secondary N) is 1. The minimum Gasteiger partial charge on any atom is -0.333 e. The van der Waals surface area contributed by atoms with Crippen LogP contribution in [0.25, 0.3) is 0 Å². The minimum absolute atomic E-state index is 0.179. The zero-order chi connectivity index (χ0) is 12.8. The van der Waals surface area contributed by atoms with Gasteiger partial charge in [-0.1, -0.05) is 38.0 Å². The molecule has 98 valence electrons. The Morgan fingerprint density at radius 2 is 2.17 bits per heavy atom. The molecule has 1 N–H and O–H groups in total. The van der Waals surface area contributed by atoms with Crippen LogP contribution in [-0.2, 0) is 0 Å². The topological polar surface area (TPSA) is 32.3 Å². The van der Waals surface area contributed by atoms with E-state index in [1.165, 1.54) is 12.8 Å². The van der Waals surface area contributed by atoms with Gasteiger partial charge < -0.3 is 10.2 Å². The molecule has 1 aliphatic rings. The minimum atomic E-state index is 0.179. The summed E-state index contributed by atoms with van der Waals surface area (Å²) >= 11 is 0. The highest BCUT2D eigenvalue weighted by molar-refractivity contribution is 5.94. The summed E-state index contributed by atoms with van der Waals surface area (Å²) in [5.74, 6) is 0.179. The molecular formula is C15H22N2O. The van der Waals surface area contributed by atoms with E-state index in [1.807, 2.05) is 35.2 Å². The number of carbonyl (C=O) groups is 1. The first-order valence-corrected chi connectivity index (χ1v) is 6.89. The number of rotatable bonds is 4. The number of hydrogen-bond donors (Lipinski definition) is 1. The fraction of sp³-hybridized carbons (Fsp3) is 0.533. The van der Waals surface area contributed by atoms with Crippen LogP contribution in [0, 0.1) is 0 Å². The van der Waals surface area contributed by atoms with Crippen LogP contribution in [0.3, 0.4) is 0 Å². The lowest BCUT2D eigenvalue weighted by Gasteiger charge is -2.36. The number of piperazine rings is 1. The van der Waals surface area contributed by atoms with Crippen LogP contribution in [0.5, 0.6) is 0 Å². The van der Waals surface area contributed by atoms with Crippen LogP contribution >= 0.6 is 0 Å². The molecule has 18 heavy (non-hydrogen) atoms. The third-order valence-corrected chi connectivity index (χ3v) is 3.52. The maximum atomic E-state index is 12.5. The summed E-state index contributed by atoms with van der Waals surface area (Å²) in [5, 5.41) is 3.39. The van der Waals surface area contributed by atoms with Crippen molar-refractivity contribution in [2.24, 2.45) is 0 Å². The summed E-state index contributed by atoms with van der Waals surface area (Å²) in [7, 11) is 0. The number of carbonyl (C=O) groups excluding carboxylic acids is 1. The van der Waals surface area contributed by atoms with E-state index in [1.54, 1.807) is 0 Å². The lowest BCUT2D eigenvalue weighted by molar-refractivity contribution is 0.0622. The third-order valence-electron chi connectivity index (χ3n) is 3.52. The van der Waals surface area contributed by atoms with Crippen molar-refractivity contribution in [2.45, 2.75) is 32.2 Å². The zero-order valence-corrected chi connectivity index (χ0v) is 11.1. The molecule has 1 saturated heterocycles. The second-order valence-corrected chi connectivity index (χ2v) is 4.86. The van der Waals surface area contributed by atoms with E-state index in [9.17, 15) is 4.79 Å². The number of nitrogens with zero attached hydrogens (tertiary/aromatic N) is 1. The number of benzene rings is 1. The number of hydrogen-bond acceptors (Lipinski definition) is 2. The molecule has 0 aliphatic carbocycles. The summed E-state index contributed by atoms with van der Waals surface area (Å²) in [4.78, 5) is 14.5. The fourth-order valence-electron chi connectivity index (χ4n) is 2.47. The SMILES string of the molecule is CCCCC1CNCCN1C(=O)c1ccccc1. The Morgan fingerprint density at radius 3 is 2.89 bits per heavy atom. The summed E-state index contributed by atoms with van der Waals surface area (Å²) < 4.78 is 0. The van der Waals surface area contributed by atoms with Gasteiger partial charge in [0.25, 0.3) is 5.91 Å². The first-order chi connectivity index (χ1) is 8.83. The third kappa shape index (κ3) is 3.10. The Morgan fingerprint density at radius 1 is 1.39 bits per heavy atom. The van der Waals surface area contributed by atoms with Gasteiger partial charge in [0, 0.05) is 31.2 Å². The van der Waals surface area contributed by atoms with Gasteiger partial charge in [-0.15, -0.1) is 0 Å². The van der Waals surface area contributed by atoms with Crippen molar-refractivity contribution in [1.82, 2.24) is 10.2 Å². The van der Waals surface area contributed by atoms with Crippen molar-refractivity contribution in [2.75, 3.05) is 19.6 Å². The molecule has 0 bridgehead atoms. The average molecular weight is 246 g/mol. The van der Waals surface area contributed by atoms with Crippen LogP contribution in [0.4, 0.5) is 0 Å². The van der Waals surface area contributed by atoms with Gasteiger partial charge in [0.2, 0.25) is 0 Å². The van der Waals surface area contributed by atoms with Crippen LogP contribution < -0.4 is 5.32 Å². The zero-order valence-electron chi connectivity index (χ0n) is 11.1. The highest BCUT2D eigenvalue weighted by atomic mass is 16.2. The number of amides is 1. The Balaban J connectivity index is 2.06. The van der Waals surface area contributed by atoms with Crippen LogP contribution in [0.1, 0.15) is 36.5 Å². The molecule has 1 heterocycles. The molecule has 1 fully saturated rings. The van der Waals surface area contributed by atoms with Crippen molar-refractivity contribution in [1.29, 1.82) is 0 Å². The van der Waals surface area contributed by atoms with E-state index in [0.717, 1.165) is 31.6 Å². The van der Waals surface area contributed by atoms with Crippen molar-refractivity contribution in [3.63, 3.8) is 0 Å². The standard InChI is InChI=1S/C15H22N2O/c1-2-3-9-14-12-16-10-11-17(14)15(18)13-7-5-4-6-8-13/h4-8,14,16H,2-3,9-12H2,1H3. The lowest BCUT2D eigenvalue weighted by atomic mass is 10.0. The average Bonchev–Trinajstić information content (AvgIpc) is 2.45. The highest BCUT2D eigenvalue weighted by Gasteiger charge is 2.26. The maximum Gasteiger partial charge on any atom is 0.254 e. The molecule has 1 aromatic rings. The lowest BCUT2D eigenvalue weighted by Crippen LogP contribution is -2.53. The van der Waals surface area contributed by atoms with Crippen LogP contribution in [0.2, 0.25) is 0 Å². The summed E-state index contributed by atoms with van der Waals surface area (Å²) in [6.07, 6.45) is 3.47. The van der Waals surface area contributed by atoms with E-state index in [2.05, 4.69) is 12.2 Å². The van der Waals surface area contributed by atoms with Gasteiger partial charge in [0.15, 0.2) is 0 Å². The Bertz CT molecular complexity index is 377. The maximum absolute atomic E-state index is 12.5. The molecule has 1 aromatic carbocycles. The molecule has 1 aliphatic heterocycles. The molecule has 3 nitrogen and oxygen atoms in total. The molecule has 0 radical (unpaired) electrons. The Labute approximate surface area is 109 Å². The molecule has 0 aromatic heterocycles. The van der Waals surface area contributed by atoms with E-state index >= 15 is 0 Å². The Hall–Kier alpha value is -1.35. The molecule has 1 amide bonds. The van der Waals surface area contributed by atoms with Gasteiger partial charge in [-0.05, 0) is 18.6 Å². The van der Waals surface area contributed by atoms with Gasteiger partial charge in [0.05, 0.1) is 0 Å². The highest BCUT2D eigenvalue weighted by Crippen LogP contribution is 2.15. The fourth-order valence-corrected chi connectivity index (χ4v) is 2.47. The van der Waals surface area contributed by atoms with Crippen molar-refractivity contribution >= 4 is 5.91 Å². The van der Waals surface area contributed by atoms with Crippen molar-refractivity contribution in [3.8, 4) is 0 Å². The van der Waals surface area contributed by atoms with Crippen molar-refractivity contribution in [3.05, 3.63) is 35.9 Å².